The smallest absolute Gasteiger partial charge is 0.352 e. The second-order valence-electron chi connectivity index (χ2n) is 3.64. The zero-order valence-corrected chi connectivity index (χ0v) is 9.57. The summed E-state index contributed by atoms with van der Waals surface area (Å²) < 4.78 is 37.2. The van der Waals surface area contributed by atoms with Crippen LogP contribution in [0.15, 0.2) is 36.5 Å². The van der Waals surface area contributed by atoms with Gasteiger partial charge in [-0.3, -0.25) is 0 Å². The van der Waals surface area contributed by atoms with Gasteiger partial charge in [-0.05, 0) is 30.3 Å². The summed E-state index contributed by atoms with van der Waals surface area (Å²) in [7, 11) is 0. The maximum atomic E-state index is 12.4. The van der Waals surface area contributed by atoms with Gasteiger partial charge >= 0.3 is 6.18 Å². The Balaban J connectivity index is 2.20. The van der Waals surface area contributed by atoms with Gasteiger partial charge in [0.05, 0.1) is 17.4 Å². The van der Waals surface area contributed by atoms with E-state index in [4.69, 9.17) is 5.84 Å². The molecule has 100 valence electrons. The van der Waals surface area contributed by atoms with Crippen LogP contribution >= 0.6 is 0 Å². The first-order valence-corrected chi connectivity index (χ1v) is 5.23. The van der Waals surface area contributed by atoms with Crippen LogP contribution in [0.4, 0.5) is 30.4 Å². The average molecular weight is 269 g/mol. The van der Waals surface area contributed by atoms with Crippen LogP contribution in [0.25, 0.3) is 0 Å². The maximum absolute atomic E-state index is 12.4. The highest BCUT2D eigenvalue weighted by atomic mass is 19.4. The molecule has 0 aliphatic carbocycles. The van der Waals surface area contributed by atoms with Crippen molar-refractivity contribution in [1.82, 2.24) is 10.2 Å². The minimum atomic E-state index is -4.35. The van der Waals surface area contributed by atoms with Gasteiger partial charge in [-0.25, -0.2) is 5.84 Å². The van der Waals surface area contributed by atoms with Crippen LogP contribution in [-0.4, -0.2) is 10.2 Å². The predicted molar refractivity (Wildman–Crippen MR) is 64.6 cm³/mol. The molecule has 0 aliphatic rings. The van der Waals surface area contributed by atoms with Gasteiger partial charge in [0.2, 0.25) is 0 Å². The first-order chi connectivity index (χ1) is 9.00. The number of aromatic nitrogens is 2. The summed E-state index contributed by atoms with van der Waals surface area (Å²) in [5.41, 5.74) is 2.63. The van der Waals surface area contributed by atoms with E-state index in [-0.39, 0.29) is 0 Å². The number of alkyl halides is 3. The molecule has 0 saturated heterocycles. The number of hydrogen-bond donors (Lipinski definition) is 3. The van der Waals surface area contributed by atoms with Gasteiger partial charge in [-0.2, -0.15) is 18.3 Å². The van der Waals surface area contributed by atoms with Crippen molar-refractivity contribution in [3.63, 3.8) is 0 Å². The Labute approximate surface area is 106 Å². The third-order valence-electron chi connectivity index (χ3n) is 2.35. The molecule has 0 spiro atoms. The number of nitrogen functional groups attached to an aromatic ring is 1. The fourth-order valence-electron chi connectivity index (χ4n) is 1.44. The van der Waals surface area contributed by atoms with Gasteiger partial charge in [0.1, 0.15) is 0 Å². The zero-order valence-electron chi connectivity index (χ0n) is 9.57. The Morgan fingerprint density at radius 2 is 1.74 bits per heavy atom. The van der Waals surface area contributed by atoms with Crippen molar-refractivity contribution in [3.8, 4) is 0 Å². The van der Waals surface area contributed by atoms with Gasteiger partial charge in [0.15, 0.2) is 5.82 Å². The van der Waals surface area contributed by atoms with E-state index < -0.39 is 11.7 Å². The molecule has 1 aromatic heterocycles. The van der Waals surface area contributed by atoms with Crippen LogP contribution in [0.1, 0.15) is 5.56 Å². The summed E-state index contributed by atoms with van der Waals surface area (Å²) in [5.74, 6) is 5.54. The van der Waals surface area contributed by atoms with E-state index >= 15 is 0 Å². The number of hydrazine groups is 1. The Hall–Kier alpha value is -2.35. The highest BCUT2D eigenvalue weighted by Gasteiger charge is 2.29. The summed E-state index contributed by atoms with van der Waals surface area (Å²) in [5, 5.41) is 10.2. The van der Waals surface area contributed by atoms with Gasteiger partial charge in [0, 0.05) is 5.69 Å². The molecule has 19 heavy (non-hydrogen) atoms. The van der Waals surface area contributed by atoms with E-state index in [9.17, 15) is 13.2 Å². The molecule has 1 aromatic carbocycles. The van der Waals surface area contributed by atoms with Crippen molar-refractivity contribution in [2.45, 2.75) is 6.18 Å². The summed E-state index contributed by atoms with van der Waals surface area (Å²) in [4.78, 5) is 0. The molecule has 0 saturated carbocycles. The SMILES string of the molecule is NNc1nnccc1Nc1ccc(C(F)(F)F)cc1. The van der Waals surface area contributed by atoms with Crippen molar-refractivity contribution >= 4 is 17.2 Å². The van der Waals surface area contributed by atoms with E-state index in [2.05, 4.69) is 20.9 Å². The number of rotatable bonds is 3. The van der Waals surface area contributed by atoms with Gasteiger partial charge in [0.25, 0.3) is 0 Å². The minimum Gasteiger partial charge on any atom is -0.352 e. The van der Waals surface area contributed by atoms with Crippen molar-refractivity contribution < 1.29 is 13.2 Å². The standard InChI is InChI=1S/C11H10F3N5/c12-11(13,14)7-1-3-8(4-2-7)17-9-5-6-16-19-10(9)18-15/h1-6H,15H2,(H,16,17)(H,18,19). The fraction of sp³-hybridized carbons (Fsp3) is 0.0909. The van der Waals surface area contributed by atoms with Crippen LogP contribution in [0.2, 0.25) is 0 Å². The number of hydrogen-bond acceptors (Lipinski definition) is 5. The second-order valence-corrected chi connectivity index (χ2v) is 3.64. The number of anilines is 3. The molecule has 8 heteroatoms. The van der Waals surface area contributed by atoms with E-state index in [1.165, 1.54) is 18.3 Å². The lowest BCUT2D eigenvalue weighted by Crippen LogP contribution is -2.11. The average Bonchev–Trinajstić information content (AvgIpc) is 2.39. The molecule has 5 nitrogen and oxygen atoms in total. The quantitative estimate of drug-likeness (QED) is 0.589. The molecular formula is C11H10F3N5. The number of nitrogens with zero attached hydrogens (tertiary/aromatic N) is 2. The fourth-order valence-corrected chi connectivity index (χ4v) is 1.44. The molecule has 0 amide bonds. The van der Waals surface area contributed by atoms with Crippen LogP contribution in [0.5, 0.6) is 0 Å². The second kappa shape index (κ2) is 5.11. The van der Waals surface area contributed by atoms with Gasteiger partial charge in [-0.15, -0.1) is 5.10 Å². The topological polar surface area (TPSA) is 75.9 Å². The summed E-state index contributed by atoms with van der Waals surface area (Å²) >= 11 is 0. The summed E-state index contributed by atoms with van der Waals surface area (Å²) in [6.07, 6.45) is -2.91. The molecule has 0 unspecified atom stereocenters. The largest absolute Gasteiger partial charge is 0.416 e. The molecular weight excluding hydrogens is 259 g/mol. The first kappa shape index (κ1) is 13.1. The molecule has 1 heterocycles. The van der Waals surface area contributed by atoms with Crippen LogP contribution in [0.3, 0.4) is 0 Å². The van der Waals surface area contributed by atoms with Crippen molar-refractivity contribution in [2.75, 3.05) is 10.7 Å². The Kier molecular flexibility index (Phi) is 3.52. The van der Waals surface area contributed by atoms with Crippen LogP contribution in [0, 0.1) is 0 Å². The van der Waals surface area contributed by atoms with E-state index in [0.717, 1.165) is 12.1 Å². The van der Waals surface area contributed by atoms with Crippen LogP contribution in [-0.2, 0) is 6.18 Å². The predicted octanol–water partition coefficient (Wildman–Crippen LogP) is 2.52. The summed E-state index contributed by atoms with van der Waals surface area (Å²) in [6, 6.07) is 6.23. The lowest BCUT2D eigenvalue weighted by Gasteiger charge is -2.11. The number of halogens is 3. The lowest BCUT2D eigenvalue weighted by molar-refractivity contribution is -0.137. The molecule has 0 bridgehead atoms. The highest BCUT2D eigenvalue weighted by Crippen LogP contribution is 2.30. The van der Waals surface area contributed by atoms with Crippen molar-refractivity contribution in [1.29, 1.82) is 0 Å². The molecule has 0 aliphatic heterocycles. The number of nitrogens with two attached hydrogens (primary N) is 1. The van der Waals surface area contributed by atoms with Gasteiger partial charge in [-0.1, -0.05) is 0 Å². The molecule has 0 fully saturated rings. The normalized spacial score (nSPS) is 11.2. The monoisotopic (exact) mass is 269 g/mol. The lowest BCUT2D eigenvalue weighted by atomic mass is 10.2. The minimum absolute atomic E-state index is 0.294. The molecule has 4 N–H and O–H groups in total. The van der Waals surface area contributed by atoms with E-state index in [1.807, 2.05) is 0 Å². The van der Waals surface area contributed by atoms with Crippen molar-refractivity contribution in [3.05, 3.63) is 42.1 Å². The molecule has 0 radical (unpaired) electrons. The zero-order chi connectivity index (χ0) is 13.9. The maximum Gasteiger partial charge on any atom is 0.416 e. The first-order valence-electron chi connectivity index (χ1n) is 5.23. The van der Waals surface area contributed by atoms with E-state index in [1.54, 1.807) is 6.07 Å². The third kappa shape index (κ3) is 3.10. The number of benzene rings is 1. The molecule has 0 atom stereocenters. The third-order valence-corrected chi connectivity index (χ3v) is 2.35. The van der Waals surface area contributed by atoms with E-state index in [0.29, 0.717) is 17.2 Å². The van der Waals surface area contributed by atoms with Crippen LogP contribution < -0.4 is 16.6 Å². The Morgan fingerprint density at radius 1 is 1.05 bits per heavy atom. The molecule has 2 aromatic rings. The van der Waals surface area contributed by atoms with Crippen molar-refractivity contribution in [2.24, 2.45) is 5.84 Å². The Morgan fingerprint density at radius 3 is 2.32 bits per heavy atom. The summed E-state index contributed by atoms with van der Waals surface area (Å²) in [6.45, 7) is 0. The number of nitrogens with one attached hydrogen (secondary N) is 2. The van der Waals surface area contributed by atoms with Gasteiger partial charge < -0.3 is 10.7 Å². The molecule has 2 rings (SSSR count). The Bertz CT molecular complexity index is 553. The highest BCUT2D eigenvalue weighted by molar-refractivity contribution is 5.70.